The molecule has 4 rings (SSSR count). The van der Waals surface area contributed by atoms with Gasteiger partial charge in [0, 0.05) is 31.4 Å². The number of nitrogens with zero attached hydrogens (tertiary/aromatic N) is 1. The Bertz CT molecular complexity index is 733. The number of benzene rings is 1. The van der Waals surface area contributed by atoms with Crippen molar-refractivity contribution in [3.8, 4) is 0 Å². The van der Waals surface area contributed by atoms with E-state index in [0.717, 1.165) is 30.4 Å². The molecule has 1 aromatic heterocycles. The number of fused-ring (bicyclic) bond motifs is 2. The number of para-hydroxylation sites is 1. The van der Waals surface area contributed by atoms with E-state index in [0.29, 0.717) is 24.0 Å². The van der Waals surface area contributed by atoms with Gasteiger partial charge in [0.2, 0.25) is 5.91 Å². The summed E-state index contributed by atoms with van der Waals surface area (Å²) in [5.41, 5.74) is 0.735. The predicted octanol–water partition coefficient (Wildman–Crippen LogP) is 2.42. The molecule has 2 aromatic rings. The molecule has 0 spiro atoms. The molecular formula is C18H20N2O3. The van der Waals surface area contributed by atoms with E-state index >= 15 is 0 Å². The van der Waals surface area contributed by atoms with Crippen molar-refractivity contribution in [2.24, 2.45) is 11.8 Å². The van der Waals surface area contributed by atoms with Crippen molar-refractivity contribution in [1.29, 1.82) is 0 Å². The van der Waals surface area contributed by atoms with E-state index < -0.39 is 0 Å². The number of furan rings is 1. The molecule has 23 heavy (non-hydrogen) atoms. The van der Waals surface area contributed by atoms with Crippen LogP contribution in [-0.2, 0) is 4.79 Å². The minimum absolute atomic E-state index is 0.0795. The van der Waals surface area contributed by atoms with Crippen LogP contribution in [0.25, 0.3) is 11.0 Å². The Labute approximate surface area is 134 Å². The molecule has 2 heterocycles. The maximum Gasteiger partial charge on any atom is 0.289 e. The van der Waals surface area contributed by atoms with Crippen LogP contribution >= 0.6 is 0 Å². The van der Waals surface area contributed by atoms with Gasteiger partial charge < -0.3 is 14.6 Å². The van der Waals surface area contributed by atoms with Gasteiger partial charge in [0.1, 0.15) is 5.58 Å². The maximum absolute atomic E-state index is 12.7. The molecule has 0 radical (unpaired) electrons. The number of amides is 2. The van der Waals surface area contributed by atoms with Crippen LogP contribution in [0.2, 0.25) is 0 Å². The summed E-state index contributed by atoms with van der Waals surface area (Å²) < 4.78 is 5.69. The number of rotatable bonds is 2. The summed E-state index contributed by atoms with van der Waals surface area (Å²) in [6.07, 6.45) is 2.45. The van der Waals surface area contributed by atoms with Gasteiger partial charge in [-0.2, -0.15) is 0 Å². The molecule has 0 bridgehead atoms. The van der Waals surface area contributed by atoms with Crippen molar-refractivity contribution in [2.45, 2.75) is 25.3 Å². The van der Waals surface area contributed by atoms with E-state index in [4.69, 9.17) is 4.42 Å². The van der Waals surface area contributed by atoms with Crippen molar-refractivity contribution in [3.63, 3.8) is 0 Å². The largest absolute Gasteiger partial charge is 0.451 e. The molecule has 1 saturated carbocycles. The molecule has 120 valence electrons. The smallest absolute Gasteiger partial charge is 0.289 e. The lowest BCUT2D eigenvalue weighted by atomic mass is 9.89. The second kappa shape index (κ2) is 5.41. The highest BCUT2D eigenvalue weighted by molar-refractivity contribution is 5.96. The van der Waals surface area contributed by atoms with E-state index in [1.54, 1.807) is 11.0 Å². The Morgan fingerprint density at radius 2 is 2.04 bits per heavy atom. The summed E-state index contributed by atoms with van der Waals surface area (Å²) in [5.74, 6) is 1.34. The van der Waals surface area contributed by atoms with Gasteiger partial charge in [0.25, 0.3) is 5.91 Å². The number of carbonyl (C=O) groups is 2. The van der Waals surface area contributed by atoms with E-state index in [1.807, 2.05) is 31.3 Å². The fourth-order valence-corrected chi connectivity index (χ4v) is 3.98. The monoisotopic (exact) mass is 312 g/mol. The zero-order chi connectivity index (χ0) is 16.0. The molecule has 2 amide bonds. The Morgan fingerprint density at radius 1 is 1.26 bits per heavy atom. The molecule has 5 heteroatoms. The van der Waals surface area contributed by atoms with Crippen molar-refractivity contribution in [3.05, 3.63) is 36.1 Å². The molecule has 1 aliphatic carbocycles. The van der Waals surface area contributed by atoms with Crippen LogP contribution in [0, 0.1) is 11.8 Å². The van der Waals surface area contributed by atoms with Gasteiger partial charge in [-0.1, -0.05) is 18.2 Å². The molecule has 1 aromatic carbocycles. The lowest BCUT2D eigenvalue weighted by Crippen LogP contribution is -2.38. The van der Waals surface area contributed by atoms with Crippen LogP contribution in [0.4, 0.5) is 0 Å². The average Bonchev–Trinajstić information content (AvgIpc) is 3.16. The first kappa shape index (κ1) is 14.3. The molecule has 1 saturated heterocycles. The van der Waals surface area contributed by atoms with Crippen molar-refractivity contribution in [1.82, 2.24) is 10.2 Å². The standard InChI is InChI=1S/C18H20N2O3/c1-20(14-6-12-9-17(21)19-10-13(12)7-14)18(22)16-8-11-4-2-3-5-15(11)23-16/h2-5,8,12-14H,6-7,9-10H2,1H3,(H,19,21)/t12-,13+,14-/m0/s1. The molecule has 3 atom stereocenters. The number of carbonyl (C=O) groups excluding carboxylic acids is 2. The van der Waals surface area contributed by atoms with Gasteiger partial charge in [0.15, 0.2) is 5.76 Å². The van der Waals surface area contributed by atoms with Crippen LogP contribution in [0.5, 0.6) is 0 Å². The Morgan fingerprint density at radius 3 is 2.87 bits per heavy atom. The van der Waals surface area contributed by atoms with Crippen LogP contribution in [0.15, 0.2) is 34.7 Å². The highest BCUT2D eigenvalue weighted by atomic mass is 16.3. The minimum Gasteiger partial charge on any atom is -0.451 e. The van der Waals surface area contributed by atoms with Crippen LogP contribution < -0.4 is 5.32 Å². The second-order valence-electron chi connectivity index (χ2n) is 6.72. The summed E-state index contributed by atoms with van der Waals surface area (Å²) in [6.45, 7) is 0.743. The Hall–Kier alpha value is -2.30. The van der Waals surface area contributed by atoms with Gasteiger partial charge in [-0.15, -0.1) is 0 Å². The zero-order valence-corrected chi connectivity index (χ0v) is 13.1. The number of nitrogens with one attached hydrogen (secondary N) is 1. The second-order valence-corrected chi connectivity index (χ2v) is 6.72. The third-order valence-electron chi connectivity index (χ3n) is 5.33. The van der Waals surface area contributed by atoms with E-state index in [2.05, 4.69) is 5.32 Å². The summed E-state index contributed by atoms with van der Waals surface area (Å²) in [4.78, 5) is 26.0. The summed E-state index contributed by atoms with van der Waals surface area (Å²) >= 11 is 0. The van der Waals surface area contributed by atoms with Crippen LogP contribution in [0.3, 0.4) is 0 Å². The van der Waals surface area contributed by atoms with E-state index in [1.165, 1.54) is 0 Å². The first-order valence-electron chi connectivity index (χ1n) is 8.14. The summed E-state index contributed by atoms with van der Waals surface area (Å²) in [5, 5.41) is 3.87. The third-order valence-corrected chi connectivity index (χ3v) is 5.33. The Balaban J connectivity index is 1.51. The molecule has 2 fully saturated rings. The number of hydrogen-bond donors (Lipinski definition) is 1. The topological polar surface area (TPSA) is 62.6 Å². The highest BCUT2D eigenvalue weighted by Crippen LogP contribution is 2.38. The zero-order valence-electron chi connectivity index (χ0n) is 13.1. The maximum atomic E-state index is 12.7. The number of piperidine rings is 1. The van der Waals surface area contributed by atoms with Crippen LogP contribution in [0.1, 0.15) is 29.8 Å². The summed E-state index contributed by atoms with van der Waals surface area (Å²) in [7, 11) is 1.84. The quantitative estimate of drug-likeness (QED) is 0.926. The molecular weight excluding hydrogens is 292 g/mol. The molecule has 2 aliphatic rings. The fourth-order valence-electron chi connectivity index (χ4n) is 3.98. The molecule has 0 unspecified atom stereocenters. The van der Waals surface area contributed by atoms with Crippen molar-refractivity contribution < 1.29 is 14.0 Å². The van der Waals surface area contributed by atoms with Gasteiger partial charge >= 0.3 is 0 Å². The highest BCUT2D eigenvalue weighted by Gasteiger charge is 2.41. The fraction of sp³-hybridized carbons (Fsp3) is 0.444. The molecule has 1 aliphatic heterocycles. The normalized spacial score (nSPS) is 26.8. The first-order chi connectivity index (χ1) is 11.1. The lowest BCUT2D eigenvalue weighted by Gasteiger charge is -2.24. The predicted molar refractivity (Wildman–Crippen MR) is 85.9 cm³/mol. The van der Waals surface area contributed by atoms with Crippen molar-refractivity contribution >= 4 is 22.8 Å². The first-order valence-corrected chi connectivity index (χ1v) is 8.14. The minimum atomic E-state index is -0.0795. The van der Waals surface area contributed by atoms with Gasteiger partial charge in [-0.05, 0) is 36.8 Å². The third kappa shape index (κ3) is 2.50. The van der Waals surface area contributed by atoms with Gasteiger partial charge in [-0.25, -0.2) is 0 Å². The van der Waals surface area contributed by atoms with Gasteiger partial charge in [0.05, 0.1) is 0 Å². The summed E-state index contributed by atoms with van der Waals surface area (Å²) in [6, 6.07) is 9.63. The van der Waals surface area contributed by atoms with Gasteiger partial charge in [-0.3, -0.25) is 9.59 Å². The Kier molecular flexibility index (Phi) is 3.36. The van der Waals surface area contributed by atoms with E-state index in [9.17, 15) is 9.59 Å². The molecule has 5 nitrogen and oxygen atoms in total. The lowest BCUT2D eigenvalue weighted by molar-refractivity contribution is -0.124. The van der Waals surface area contributed by atoms with E-state index in [-0.39, 0.29) is 17.9 Å². The SMILES string of the molecule is CN(C(=O)c1cc2ccccc2o1)[C@H]1C[C@H]2CC(=O)NC[C@H]2C1. The average molecular weight is 312 g/mol. The van der Waals surface area contributed by atoms with Crippen LogP contribution in [-0.4, -0.2) is 36.3 Å². The number of hydrogen-bond acceptors (Lipinski definition) is 3. The van der Waals surface area contributed by atoms with Crippen molar-refractivity contribution in [2.75, 3.05) is 13.6 Å². The molecule has 1 N–H and O–H groups in total.